The maximum Gasteiger partial charge on any atom is 0.255 e. The summed E-state index contributed by atoms with van der Waals surface area (Å²) in [5.41, 5.74) is 0.889. The van der Waals surface area contributed by atoms with Gasteiger partial charge in [-0.15, -0.1) is 0 Å². The third kappa shape index (κ3) is 5.01. The van der Waals surface area contributed by atoms with Crippen LogP contribution >= 0.6 is 0 Å². The van der Waals surface area contributed by atoms with Gasteiger partial charge in [-0.25, -0.2) is 4.39 Å². The lowest BCUT2D eigenvalue weighted by molar-refractivity contribution is -0.118. The Morgan fingerprint density at radius 2 is 1.76 bits per heavy atom. The van der Waals surface area contributed by atoms with Gasteiger partial charge in [0.15, 0.2) is 0 Å². The average molecular weight is 396 g/mol. The van der Waals surface area contributed by atoms with Crippen LogP contribution in [-0.2, 0) is 9.53 Å². The van der Waals surface area contributed by atoms with Gasteiger partial charge in [-0.2, -0.15) is 0 Å². The second-order valence-electron chi connectivity index (χ2n) is 6.37. The SMILES string of the molecule is COC1=CCC(C(=O)Nc2cc(F)ccc2NC(=O)c2ccc(OC)cc2)C=C1. The number of ether oxygens (including phenoxy) is 2. The summed E-state index contributed by atoms with van der Waals surface area (Å²) in [5, 5.41) is 5.40. The number of benzene rings is 2. The molecule has 1 atom stereocenters. The van der Waals surface area contributed by atoms with Crippen LogP contribution in [0.25, 0.3) is 0 Å². The standard InChI is InChI=1S/C22H21FN2O4/c1-28-17-8-3-14(4-9-17)21(26)24-19-12-7-16(23)13-20(19)25-22(27)15-5-10-18(29-2)11-6-15/h3-5,7-13,15H,6H2,1-2H3,(H,24,26)(H,25,27). The Labute approximate surface area is 168 Å². The number of carbonyl (C=O) groups excluding carboxylic acids is 2. The minimum atomic E-state index is -0.525. The van der Waals surface area contributed by atoms with Crippen LogP contribution in [0.15, 0.2) is 66.5 Å². The van der Waals surface area contributed by atoms with Crippen molar-refractivity contribution in [3.63, 3.8) is 0 Å². The number of carbonyl (C=O) groups is 2. The van der Waals surface area contributed by atoms with Crippen molar-refractivity contribution in [2.75, 3.05) is 24.9 Å². The quantitative estimate of drug-likeness (QED) is 0.770. The summed E-state index contributed by atoms with van der Waals surface area (Å²) in [7, 11) is 3.09. The van der Waals surface area contributed by atoms with Gasteiger partial charge < -0.3 is 20.1 Å². The highest BCUT2D eigenvalue weighted by Crippen LogP contribution is 2.26. The molecule has 6 nitrogen and oxygen atoms in total. The number of methoxy groups -OCH3 is 2. The van der Waals surface area contributed by atoms with Crippen LogP contribution in [-0.4, -0.2) is 26.0 Å². The summed E-state index contributed by atoms with van der Waals surface area (Å²) in [4.78, 5) is 25.1. The average Bonchev–Trinajstić information content (AvgIpc) is 2.75. The Morgan fingerprint density at radius 1 is 1.00 bits per heavy atom. The topological polar surface area (TPSA) is 76.7 Å². The Bertz CT molecular complexity index is 967. The molecule has 1 unspecified atom stereocenters. The lowest BCUT2D eigenvalue weighted by atomic mass is 9.99. The van der Waals surface area contributed by atoms with E-state index in [4.69, 9.17) is 9.47 Å². The summed E-state index contributed by atoms with van der Waals surface area (Å²) in [6.07, 6.45) is 5.71. The molecule has 0 fully saturated rings. The van der Waals surface area contributed by atoms with E-state index >= 15 is 0 Å². The molecule has 1 aliphatic carbocycles. The molecule has 0 spiro atoms. The van der Waals surface area contributed by atoms with Crippen LogP contribution in [0.1, 0.15) is 16.8 Å². The van der Waals surface area contributed by atoms with E-state index in [1.165, 1.54) is 25.3 Å². The van der Waals surface area contributed by atoms with Gasteiger partial charge in [-0.1, -0.05) is 6.08 Å². The number of amides is 2. The first-order valence-electron chi connectivity index (χ1n) is 8.98. The monoisotopic (exact) mass is 396 g/mol. The molecule has 29 heavy (non-hydrogen) atoms. The van der Waals surface area contributed by atoms with Crippen LogP contribution in [0.2, 0.25) is 0 Å². The Balaban J connectivity index is 1.73. The van der Waals surface area contributed by atoms with E-state index in [0.29, 0.717) is 29.2 Å². The molecule has 2 N–H and O–H groups in total. The van der Waals surface area contributed by atoms with E-state index in [1.807, 2.05) is 6.08 Å². The number of allylic oxidation sites excluding steroid dienone is 2. The van der Waals surface area contributed by atoms with Crippen LogP contribution in [0.5, 0.6) is 5.75 Å². The van der Waals surface area contributed by atoms with E-state index < -0.39 is 11.7 Å². The second-order valence-corrected chi connectivity index (χ2v) is 6.37. The second kappa shape index (κ2) is 9.05. The molecule has 2 aromatic carbocycles. The first-order valence-corrected chi connectivity index (χ1v) is 8.98. The molecule has 0 radical (unpaired) electrons. The van der Waals surface area contributed by atoms with Crippen LogP contribution in [0, 0.1) is 11.7 Å². The van der Waals surface area contributed by atoms with Crippen molar-refractivity contribution in [2.24, 2.45) is 5.92 Å². The molecule has 0 aliphatic heterocycles. The fourth-order valence-electron chi connectivity index (χ4n) is 2.84. The van der Waals surface area contributed by atoms with Gasteiger partial charge in [0.1, 0.15) is 17.3 Å². The van der Waals surface area contributed by atoms with Gasteiger partial charge in [-0.3, -0.25) is 9.59 Å². The van der Waals surface area contributed by atoms with E-state index in [0.717, 1.165) is 0 Å². The van der Waals surface area contributed by atoms with Gasteiger partial charge >= 0.3 is 0 Å². The van der Waals surface area contributed by atoms with Gasteiger partial charge in [0, 0.05) is 5.56 Å². The van der Waals surface area contributed by atoms with Gasteiger partial charge in [0.05, 0.1) is 31.5 Å². The van der Waals surface area contributed by atoms with Crippen molar-refractivity contribution in [3.8, 4) is 5.75 Å². The lowest BCUT2D eigenvalue weighted by Gasteiger charge is -2.17. The minimum absolute atomic E-state index is 0.187. The van der Waals surface area contributed by atoms with Crippen LogP contribution in [0.4, 0.5) is 15.8 Å². The highest BCUT2D eigenvalue weighted by Gasteiger charge is 2.20. The highest BCUT2D eigenvalue weighted by molar-refractivity contribution is 6.07. The van der Waals surface area contributed by atoms with E-state index in [-0.39, 0.29) is 17.5 Å². The van der Waals surface area contributed by atoms with Crippen molar-refractivity contribution in [1.82, 2.24) is 0 Å². The molecule has 3 rings (SSSR count). The predicted octanol–water partition coefficient (Wildman–Crippen LogP) is 4.13. The molecule has 2 amide bonds. The zero-order valence-corrected chi connectivity index (χ0v) is 16.1. The van der Waals surface area contributed by atoms with E-state index in [1.54, 1.807) is 43.5 Å². The van der Waals surface area contributed by atoms with Crippen molar-refractivity contribution >= 4 is 23.2 Å². The fraction of sp³-hybridized carbons (Fsp3) is 0.182. The number of rotatable bonds is 6. The van der Waals surface area contributed by atoms with Gasteiger partial charge in [0.25, 0.3) is 5.91 Å². The summed E-state index contributed by atoms with van der Waals surface area (Å²) in [6, 6.07) is 10.4. The highest BCUT2D eigenvalue weighted by atomic mass is 19.1. The maximum absolute atomic E-state index is 13.8. The molecule has 150 valence electrons. The van der Waals surface area contributed by atoms with Crippen molar-refractivity contribution < 1.29 is 23.5 Å². The maximum atomic E-state index is 13.8. The predicted molar refractivity (Wildman–Crippen MR) is 108 cm³/mol. The third-order valence-corrected chi connectivity index (χ3v) is 4.48. The minimum Gasteiger partial charge on any atom is -0.497 e. The van der Waals surface area contributed by atoms with E-state index in [9.17, 15) is 14.0 Å². The van der Waals surface area contributed by atoms with Gasteiger partial charge in [0.2, 0.25) is 5.91 Å². The van der Waals surface area contributed by atoms with Crippen molar-refractivity contribution in [1.29, 1.82) is 0 Å². The summed E-state index contributed by atoms with van der Waals surface area (Å²) < 4.78 is 23.9. The first kappa shape index (κ1) is 20.1. The zero-order chi connectivity index (χ0) is 20.8. The Morgan fingerprint density at radius 3 is 2.38 bits per heavy atom. The normalized spacial score (nSPS) is 15.3. The van der Waals surface area contributed by atoms with Crippen LogP contribution < -0.4 is 15.4 Å². The molecule has 0 aromatic heterocycles. The summed E-state index contributed by atoms with van der Waals surface area (Å²) in [6.45, 7) is 0. The molecular formula is C22H21FN2O4. The third-order valence-electron chi connectivity index (χ3n) is 4.48. The summed E-state index contributed by atoms with van der Waals surface area (Å²) in [5.74, 6) is -0.321. The largest absolute Gasteiger partial charge is 0.497 e. The molecule has 0 heterocycles. The Kier molecular flexibility index (Phi) is 6.29. The number of halogens is 1. The first-order chi connectivity index (χ1) is 14.0. The summed E-state index contributed by atoms with van der Waals surface area (Å²) >= 11 is 0. The fourth-order valence-corrected chi connectivity index (χ4v) is 2.84. The number of nitrogens with one attached hydrogen (secondary N) is 2. The lowest BCUT2D eigenvalue weighted by Crippen LogP contribution is -2.23. The molecule has 2 aromatic rings. The molecule has 0 saturated carbocycles. The number of hydrogen-bond acceptors (Lipinski definition) is 4. The van der Waals surface area contributed by atoms with Gasteiger partial charge in [-0.05, 0) is 61.0 Å². The molecular weight excluding hydrogens is 375 g/mol. The molecule has 0 bridgehead atoms. The van der Waals surface area contributed by atoms with Crippen molar-refractivity contribution in [3.05, 3.63) is 77.8 Å². The number of hydrogen-bond donors (Lipinski definition) is 2. The van der Waals surface area contributed by atoms with Crippen LogP contribution in [0.3, 0.4) is 0 Å². The van der Waals surface area contributed by atoms with E-state index in [2.05, 4.69) is 10.6 Å². The zero-order valence-electron chi connectivity index (χ0n) is 16.1. The molecule has 1 aliphatic rings. The van der Waals surface area contributed by atoms with Crippen molar-refractivity contribution in [2.45, 2.75) is 6.42 Å². The molecule has 7 heteroatoms. The number of anilines is 2. The Hall–Kier alpha value is -3.61. The smallest absolute Gasteiger partial charge is 0.255 e. The molecule has 0 saturated heterocycles.